The summed E-state index contributed by atoms with van der Waals surface area (Å²) in [4.78, 5) is 27.1. The zero-order chi connectivity index (χ0) is 36.8. The van der Waals surface area contributed by atoms with Crippen molar-refractivity contribution in [2.75, 3.05) is 44.7 Å². The van der Waals surface area contributed by atoms with Crippen LogP contribution in [0.1, 0.15) is 67.4 Å². The van der Waals surface area contributed by atoms with Gasteiger partial charge in [0, 0.05) is 36.9 Å². The number of carbonyl (C=O) groups excluding carboxylic acids is 1. The van der Waals surface area contributed by atoms with E-state index in [1.807, 2.05) is 32.0 Å². The Hall–Kier alpha value is -3.75. The molecule has 1 amide bonds. The third kappa shape index (κ3) is 7.73. The van der Waals surface area contributed by atoms with Gasteiger partial charge in [-0.1, -0.05) is 38.1 Å². The van der Waals surface area contributed by atoms with E-state index in [4.69, 9.17) is 9.47 Å². The number of halogens is 3. The molecule has 51 heavy (non-hydrogen) atoms. The second kappa shape index (κ2) is 14.0. The summed E-state index contributed by atoms with van der Waals surface area (Å²) in [5.41, 5.74) is 0.747. The first-order chi connectivity index (χ1) is 24.0. The Balaban J connectivity index is 1.42. The number of aryl methyl sites for hydroxylation is 2. The van der Waals surface area contributed by atoms with Gasteiger partial charge < -0.3 is 19.3 Å². The highest BCUT2D eigenvalue weighted by Gasteiger charge is 2.54. The van der Waals surface area contributed by atoms with E-state index in [-0.39, 0.29) is 40.4 Å². The first kappa shape index (κ1) is 37.0. The number of aromatic nitrogens is 2. The first-order valence-corrected chi connectivity index (χ1v) is 18.8. The summed E-state index contributed by atoms with van der Waals surface area (Å²) in [6, 6.07) is 11.4. The van der Waals surface area contributed by atoms with Crippen molar-refractivity contribution >= 4 is 21.9 Å². The van der Waals surface area contributed by atoms with Crippen molar-refractivity contribution in [1.82, 2.24) is 19.8 Å². The predicted octanol–water partition coefficient (Wildman–Crippen LogP) is 6.63. The summed E-state index contributed by atoms with van der Waals surface area (Å²) in [5.74, 6) is -0.825. The van der Waals surface area contributed by atoms with Gasteiger partial charge in [0.25, 0.3) is 15.9 Å². The highest BCUT2D eigenvalue weighted by Crippen LogP contribution is 2.52. The molecule has 14 heteroatoms. The minimum absolute atomic E-state index is 0.0259. The number of carbonyl (C=O) groups is 1. The van der Waals surface area contributed by atoms with E-state index < -0.39 is 40.0 Å². The van der Waals surface area contributed by atoms with Crippen LogP contribution in [0.4, 0.5) is 19.1 Å². The third-order valence-electron chi connectivity index (χ3n) is 10.9. The molecule has 276 valence electrons. The number of nitrogens with zero attached hydrogens (tertiary/aromatic N) is 4. The summed E-state index contributed by atoms with van der Waals surface area (Å²) in [6.07, 6.45) is -1.91. The zero-order valence-electron chi connectivity index (χ0n) is 29.7. The van der Waals surface area contributed by atoms with Crippen molar-refractivity contribution in [3.8, 4) is 17.1 Å². The number of likely N-dealkylation sites (tertiary alicyclic amines) is 1. The molecule has 2 fully saturated rings. The Morgan fingerprint density at radius 1 is 1.02 bits per heavy atom. The summed E-state index contributed by atoms with van der Waals surface area (Å²) in [6.45, 7) is 8.99. The fourth-order valence-electron chi connectivity index (χ4n) is 7.79. The number of fused-ring (bicyclic) bond motifs is 4. The number of hydrogen-bond donors (Lipinski definition) is 1. The van der Waals surface area contributed by atoms with E-state index >= 15 is 0 Å². The number of rotatable bonds is 7. The van der Waals surface area contributed by atoms with Crippen LogP contribution in [0, 0.1) is 24.7 Å². The minimum Gasteiger partial charge on any atom is -0.475 e. The smallest absolute Gasteiger partial charge is 0.394 e. The van der Waals surface area contributed by atoms with E-state index in [9.17, 15) is 26.4 Å². The monoisotopic (exact) mass is 729 g/mol. The number of anilines is 1. The van der Waals surface area contributed by atoms with Gasteiger partial charge in [-0.3, -0.25) is 4.79 Å². The van der Waals surface area contributed by atoms with Crippen molar-refractivity contribution in [3.05, 3.63) is 65.2 Å². The molecule has 1 saturated carbocycles. The predicted molar refractivity (Wildman–Crippen MR) is 187 cm³/mol. The van der Waals surface area contributed by atoms with Gasteiger partial charge in [-0.15, -0.1) is 0 Å². The first-order valence-electron chi connectivity index (χ1n) is 17.3. The van der Waals surface area contributed by atoms with Crippen molar-refractivity contribution in [2.45, 2.75) is 83.0 Å². The number of methoxy groups -OCH3 is 1. The van der Waals surface area contributed by atoms with Crippen LogP contribution in [0.2, 0.25) is 0 Å². The molecule has 1 aromatic heterocycles. The summed E-state index contributed by atoms with van der Waals surface area (Å²) >= 11 is 0. The lowest BCUT2D eigenvalue weighted by Gasteiger charge is -2.56. The number of piperidine rings is 1. The standard InChI is InChI=1S/C37H46F3N5O5S/c1-24-8-6-9-25(2)32(24)30-19-31-42-34(41-30)43-51(47,48)29-11-7-10-26(18-29)33(46)45(28(23-50-31)20-35(3,4)37(38,39)40)27-21-36(22-27)12-14-44(15-13-36)16-17-49-5/h6-11,18-19,27-28H,12-17,20-23H2,1-5H3,(H,41,42,43)/t28-/m1/s1. The van der Waals surface area contributed by atoms with Gasteiger partial charge in [-0.2, -0.15) is 18.2 Å². The molecule has 1 atom stereocenters. The molecule has 2 aromatic carbocycles. The molecule has 1 N–H and O–H groups in total. The average molecular weight is 730 g/mol. The Kier molecular flexibility index (Phi) is 10.2. The van der Waals surface area contributed by atoms with E-state index in [2.05, 4.69) is 19.6 Å². The van der Waals surface area contributed by atoms with Gasteiger partial charge >= 0.3 is 6.18 Å². The maximum absolute atomic E-state index is 14.6. The topological polar surface area (TPSA) is 114 Å². The molecule has 4 bridgehead atoms. The molecule has 1 saturated heterocycles. The fourth-order valence-corrected chi connectivity index (χ4v) is 8.77. The number of alkyl halides is 3. The van der Waals surface area contributed by atoms with Crippen molar-refractivity contribution < 1.29 is 35.9 Å². The van der Waals surface area contributed by atoms with Crippen LogP contribution < -0.4 is 9.46 Å². The number of ether oxygens (including phenoxy) is 2. The Morgan fingerprint density at radius 2 is 1.69 bits per heavy atom. The number of benzene rings is 2. The molecule has 0 radical (unpaired) electrons. The van der Waals surface area contributed by atoms with Crippen molar-refractivity contribution in [1.29, 1.82) is 0 Å². The molecule has 6 rings (SSSR count). The number of sulfonamides is 1. The highest BCUT2D eigenvalue weighted by atomic mass is 32.2. The Labute approximate surface area is 297 Å². The Morgan fingerprint density at radius 3 is 2.33 bits per heavy atom. The molecular weight excluding hydrogens is 683 g/mol. The zero-order valence-corrected chi connectivity index (χ0v) is 30.5. The largest absolute Gasteiger partial charge is 0.475 e. The quantitative estimate of drug-likeness (QED) is 0.288. The van der Waals surface area contributed by atoms with Gasteiger partial charge in [0.05, 0.1) is 28.7 Å². The summed E-state index contributed by atoms with van der Waals surface area (Å²) in [7, 11) is -2.62. The number of amides is 1. The van der Waals surface area contributed by atoms with Gasteiger partial charge in [-0.25, -0.2) is 18.1 Å². The molecule has 3 aromatic rings. The van der Waals surface area contributed by atoms with Crippen molar-refractivity contribution in [2.24, 2.45) is 10.8 Å². The molecule has 1 aliphatic carbocycles. The van der Waals surface area contributed by atoms with Gasteiger partial charge in [-0.05, 0) is 93.8 Å². The minimum atomic E-state index is -4.56. The number of nitrogens with one attached hydrogen (secondary N) is 1. The van der Waals surface area contributed by atoms with Gasteiger partial charge in [0.1, 0.15) is 6.61 Å². The van der Waals surface area contributed by atoms with E-state index in [1.165, 1.54) is 24.3 Å². The molecule has 1 spiro atoms. The van der Waals surface area contributed by atoms with Crippen LogP contribution >= 0.6 is 0 Å². The van der Waals surface area contributed by atoms with Crippen LogP contribution in [-0.4, -0.2) is 92.3 Å². The van der Waals surface area contributed by atoms with Crippen LogP contribution in [0.25, 0.3) is 11.3 Å². The second-order valence-corrected chi connectivity index (χ2v) is 16.7. The molecule has 3 heterocycles. The summed E-state index contributed by atoms with van der Waals surface area (Å²) in [5, 5.41) is 0. The highest BCUT2D eigenvalue weighted by molar-refractivity contribution is 7.92. The van der Waals surface area contributed by atoms with Crippen LogP contribution in [0.15, 0.2) is 53.4 Å². The maximum atomic E-state index is 14.6. The lowest BCUT2D eigenvalue weighted by Crippen LogP contribution is -2.60. The average Bonchev–Trinajstić information content (AvgIpc) is 3.05. The van der Waals surface area contributed by atoms with Crippen LogP contribution in [0.3, 0.4) is 0 Å². The lowest BCUT2D eigenvalue weighted by atomic mass is 9.59. The maximum Gasteiger partial charge on any atom is 0.394 e. The molecule has 2 aliphatic heterocycles. The fraction of sp³-hybridized carbons (Fsp3) is 0.541. The Bertz CT molecular complexity index is 1850. The third-order valence-corrected chi connectivity index (χ3v) is 12.2. The van der Waals surface area contributed by atoms with Gasteiger partial charge in [0.2, 0.25) is 11.8 Å². The van der Waals surface area contributed by atoms with Crippen LogP contribution in [0.5, 0.6) is 5.88 Å². The second-order valence-electron chi connectivity index (χ2n) is 15.0. The lowest BCUT2D eigenvalue weighted by molar-refractivity contribution is -0.219. The van der Waals surface area contributed by atoms with Gasteiger partial charge in [0.15, 0.2) is 0 Å². The molecule has 3 aliphatic rings. The van der Waals surface area contributed by atoms with Crippen molar-refractivity contribution in [3.63, 3.8) is 0 Å². The SMILES string of the molecule is COCCN1CCC2(CC1)CC(N1C(=O)c3cccc(c3)S(=O)(=O)Nc3nc(cc(-c4c(C)cccc4C)n3)OC[C@H]1CC(C)(C)C(F)(F)F)C2. The normalized spacial score (nSPS) is 21.1. The van der Waals surface area contributed by atoms with Crippen LogP contribution in [-0.2, 0) is 14.8 Å². The van der Waals surface area contributed by atoms with E-state index in [0.717, 1.165) is 63.0 Å². The molecular formula is C37H46F3N5O5S. The number of hydrogen-bond acceptors (Lipinski definition) is 8. The summed E-state index contributed by atoms with van der Waals surface area (Å²) < 4.78 is 84.9. The molecule has 0 unspecified atom stereocenters. The van der Waals surface area contributed by atoms with E-state index in [1.54, 1.807) is 18.1 Å². The molecule has 10 nitrogen and oxygen atoms in total. The van der Waals surface area contributed by atoms with E-state index in [0.29, 0.717) is 25.1 Å².